The van der Waals surface area contributed by atoms with Gasteiger partial charge in [-0.1, -0.05) is 13.5 Å². The topological polar surface area (TPSA) is 65.4 Å². The lowest BCUT2D eigenvalue weighted by atomic mass is 10.0. The number of β-amino-alcohol motifs (C(OH)–C–C–N with tert-alkyl or cyclic N) is 1. The van der Waals surface area contributed by atoms with E-state index < -0.39 is 0 Å². The molecule has 1 fully saturated rings. The van der Waals surface area contributed by atoms with Crippen molar-refractivity contribution in [1.82, 2.24) is 10.3 Å². The molecule has 0 spiro atoms. The third-order valence-corrected chi connectivity index (χ3v) is 2.96. The SMILES string of the molecule is C=Cc1ccc(O)cn1.CCC1CCC(O)CN1.Cl. The summed E-state index contributed by atoms with van der Waals surface area (Å²) in [6.07, 6.45) is 6.22. The highest BCUT2D eigenvalue weighted by atomic mass is 35.5. The molecule has 1 saturated heterocycles. The average Bonchev–Trinajstić information content (AvgIpc) is 2.41. The zero-order valence-corrected chi connectivity index (χ0v) is 12.1. The predicted octanol–water partition coefficient (Wildman–Crippen LogP) is 2.36. The first-order valence-corrected chi connectivity index (χ1v) is 6.34. The molecule has 19 heavy (non-hydrogen) atoms. The van der Waals surface area contributed by atoms with E-state index in [2.05, 4.69) is 23.8 Å². The molecule has 0 radical (unpaired) electrons. The number of aliphatic hydroxyl groups is 1. The van der Waals surface area contributed by atoms with Crippen LogP contribution in [0.15, 0.2) is 24.9 Å². The number of rotatable bonds is 2. The highest BCUT2D eigenvalue weighted by Gasteiger charge is 2.15. The van der Waals surface area contributed by atoms with Crippen LogP contribution in [0.1, 0.15) is 31.9 Å². The van der Waals surface area contributed by atoms with E-state index in [-0.39, 0.29) is 24.3 Å². The van der Waals surface area contributed by atoms with Gasteiger partial charge in [-0.25, -0.2) is 0 Å². The van der Waals surface area contributed by atoms with Crippen LogP contribution in [0.3, 0.4) is 0 Å². The van der Waals surface area contributed by atoms with Crippen LogP contribution in [0.5, 0.6) is 5.75 Å². The van der Waals surface area contributed by atoms with Gasteiger partial charge in [-0.05, 0) is 37.5 Å². The molecule has 3 N–H and O–H groups in total. The largest absolute Gasteiger partial charge is 0.506 e. The second kappa shape index (κ2) is 9.78. The molecule has 0 aliphatic carbocycles. The summed E-state index contributed by atoms with van der Waals surface area (Å²) in [6, 6.07) is 3.93. The second-order valence-corrected chi connectivity index (χ2v) is 4.39. The van der Waals surface area contributed by atoms with Crippen LogP contribution >= 0.6 is 12.4 Å². The van der Waals surface area contributed by atoms with Crippen LogP contribution in [0.2, 0.25) is 0 Å². The Labute approximate surface area is 121 Å². The zero-order valence-electron chi connectivity index (χ0n) is 11.2. The first kappa shape index (κ1) is 17.9. The van der Waals surface area contributed by atoms with Crippen molar-refractivity contribution in [2.24, 2.45) is 0 Å². The molecule has 0 amide bonds. The molecule has 0 saturated carbocycles. The Morgan fingerprint density at radius 1 is 1.47 bits per heavy atom. The monoisotopic (exact) mass is 286 g/mol. The molecule has 1 aromatic heterocycles. The quantitative estimate of drug-likeness (QED) is 0.781. The van der Waals surface area contributed by atoms with Gasteiger partial charge in [0.25, 0.3) is 0 Å². The van der Waals surface area contributed by atoms with Gasteiger partial charge in [-0.15, -0.1) is 12.4 Å². The van der Waals surface area contributed by atoms with E-state index in [0.29, 0.717) is 6.04 Å². The van der Waals surface area contributed by atoms with Crippen LogP contribution in [-0.4, -0.2) is 33.9 Å². The number of hydrogen-bond acceptors (Lipinski definition) is 4. The van der Waals surface area contributed by atoms with Crippen LogP contribution in [0.4, 0.5) is 0 Å². The Bertz CT molecular complexity index is 349. The fourth-order valence-corrected chi connectivity index (χ4v) is 1.77. The molecule has 1 aliphatic rings. The Kier molecular flexibility index (Phi) is 9.21. The highest BCUT2D eigenvalue weighted by Crippen LogP contribution is 2.09. The number of aromatic nitrogens is 1. The third kappa shape index (κ3) is 7.15. The summed E-state index contributed by atoms with van der Waals surface area (Å²) in [4.78, 5) is 3.83. The van der Waals surface area contributed by atoms with E-state index in [4.69, 9.17) is 10.2 Å². The molecular formula is C14H23ClN2O2. The molecule has 2 heterocycles. The van der Waals surface area contributed by atoms with E-state index >= 15 is 0 Å². The number of piperidine rings is 1. The van der Waals surface area contributed by atoms with Gasteiger partial charge in [-0.2, -0.15) is 0 Å². The lowest BCUT2D eigenvalue weighted by Gasteiger charge is -2.25. The number of hydrogen-bond donors (Lipinski definition) is 3. The van der Waals surface area contributed by atoms with Gasteiger partial charge in [0.15, 0.2) is 0 Å². The molecular weight excluding hydrogens is 264 g/mol. The summed E-state index contributed by atoms with van der Waals surface area (Å²) in [5.41, 5.74) is 0.771. The Balaban J connectivity index is 0.000000324. The molecule has 2 atom stereocenters. The molecule has 0 bridgehead atoms. The number of pyridine rings is 1. The fourth-order valence-electron chi connectivity index (χ4n) is 1.77. The van der Waals surface area contributed by atoms with Crippen molar-refractivity contribution >= 4 is 18.5 Å². The molecule has 0 aromatic carbocycles. The predicted molar refractivity (Wildman–Crippen MR) is 80.6 cm³/mol. The van der Waals surface area contributed by atoms with Gasteiger partial charge in [0.1, 0.15) is 5.75 Å². The van der Waals surface area contributed by atoms with Crippen LogP contribution < -0.4 is 5.32 Å². The van der Waals surface area contributed by atoms with E-state index in [9.17, 15) is 0 Å². The summed E-state index contributed by atoms with van der Waals surface area (Å²) in [7, 11) is 0. The number of nitrogens with zero attached hydrogens (tertiary/aromatic N) is 1. The van der Waals surface area contributed by atoms with Crippen molar-refractivity contribution in [1.29, 1.82) is 0 Å². The molecule has 5 heteroatoms. The lowest BCUT2D eigenvalue weighted by Crippen LogP contribution is -2.40. The summed E-state index contributed by atoms with van der Waals surface area (Å²) in [6.45, 7) is 6.48. The van der Waals surface area contributed by atoms with Crippen molar-refractivity contribution in [3.05, 3.63) is 30.6 Å². The summed E-state index contributed by atoms with van der Waals surface area (Å²) in [5.74, 6) is 0.181. The second-order valence-electron chi connectivity index (χ2n) is 4.39. The minimum absolute atomic E-state index is 0. The Hall–Kier alpha value is -1.10. The zero-order chi connectivity index (χ0) is 13.4. The van der Waals surface area contributed by atoms with Crippen molar-refractivity contribution < 1.29 is 10.2 Å². The van der Waals surface area contributed by atoms with Gasteiger partial charge in [0, 0.05) is 12.6 Å². The molecule has 2 unspecified atom stereocenters. The lowest BCUT2D eigenvalue weighted by molar-refractivity contribution is 0.125. The van der Waals surface area contributed by atoms with E-state index in [0.717, 1.165) is 25.1 Å². The van der Waals surface area contributed by atoms with E-state index in [1.807, 2.05) is 0 Å². The molecule has 4 nitrogen and oxygen atoms in total. The first-order chi connectivity index (χ1) is 8.65. The van der Waals surface area contributed by atoms with Gasteiger partial charge in [-0.3, -0.25) is 4.98 Å². The van der Waals surface area contributed by atoms with Crippen LogP contribution in [0.25, 0.3) is 6.08 Å². The Morgan fingerprint density at radius 3 is 2.63 bits per heavy atom. The van der Waals surface area contributed by atoms with Gasteiger partial charge >= 0.3 is 0 Å². The summed E-state index contributed by atoms with van der Waals surface area (Å²) < 4.78 is 0. The molecule has 1 aliphatic heterocycles. The Morgan fingerprint density at radius 2 is 2.21 bits per heavy atom. The van der Waals surface area contributed by atoms with E-state index in [1.165, 1.54) is 12.6 Å². The molecule has 1 aromatic rings. The number of aromatic hydroxyl groups is 1. The van der Waals surface area contributed by atoms with Crippen molar-refractivity contribution in [2.45, 2.75) is 38.3 Å². The molecule has 108 valence electrons. The maximum Gasteiger partial charge on any atom is 0.133 e. The maximum atomic E-state index is 9.06. The van der Waals surface area contributed by atoms with Gasteiger partial charge < -0.3 is 15.5 Å². The number of nitrogens with one attached hydrogen (secondary N) is 1. The first-order valence-electron chi connectivity index (χ1n) is 6.34. The standard InChI is InChI=1S/C7H15NO.C7H7NO.ClH/c2*1-2-6-3-4-7(9)5-8-6;/h6-9H,2-5H2,1H3;2-5,9H,1H2;1H. The van der Waals surface area contributed by atoms with Crippen LogP contribution in [0, 0.1) is 0 Å². The third-order valence-electron chi connectivity index (χ3n) is 2.96. The van der Waals surface area contributed by atoms with Crippen LogP contribution in [-0.2, 0) is 0 Å². The minimum Gasteiger partial charge on any atom is -0.506 e. The maximum absolute atomic E-state index is 9.06. The fraction of sp³-hybridized carbons (Fsp3) is 0.500. The average molecular weight is 287 g/mol. The number of halogens is 1. The van der Waals surface area contributed by atoms with Crippen molar-refractivity contribution in [2.75, 3.05) is 6.54 Å². The minimum atomic E-state index is -0.0900. The normalized spacial score (nSPS) is 21.6. The van der Waals surface area contributed by atoms with E-state index in [1.54, 1.807) is 18.2 Å². The molecule has 2 rings (SSSR count). The van der Waals surface area contributed by atoms with Crippen molar-refractivity contribution in [3.8, 4) is 5.75 Å². The highest BCUT2D eigenvalue weighted by molar-refractivity contribution is 5.85. The number of aliphatic hydroxyl groups excluding tert-OH is 1. The smallest absolute Gasteiger partial charge is 0.133 e. The van der Waals surface area contributed by atoms with Crippen molar-refractivity contribution in [3.63, 3.8) is 0 Å². The summed E-state index contributed by atoms with van der Waals surface area (Å²) >= 11 is 0. The van der Waals surface area contributed by atoms with Gasteiger partial charge in [0.05, 0.1) is 18.0 Å². The van der Waals surface area contributed by atoms with Gasteiger partial charge in [0.2, 0.25) is 0 Å². The summed E-state index contributed by atoms with van der Waals surface area (Å²) in [5, 5.41) is 21.1.